The first-order chi connectivity index (χ1) is 12.0. The highest BCUT2D eigenvalue weighted by Crippen LogP contribution is 2.27. The molecule has 3 rings (SSSR count). The van der Waals surface area contributed by atoms with E-state index in [2.05, 4.69) is 29.6 Å². The molecule has 7 heteroatoms. The Labute approximate surface area is 150 Å². The summed E-state index contributed by atoms with van der Waals surface area (Å²) in [5, 5.41) is 18.9. The summed E-state index contributed by atoms with van der Waals surface area (Å²) < 4.78 is 6.10. The van der Waals surface area contributed by atoms with Gasteiger partial charge in [0.25, 0.3) is 0 Å². The molecule has 0 saturated heterocycles. The third-order valence-electron chi connectivity index (χ3n) is 3.56. The van der Waals surface area contributed by atoms with Crippen molar-refractivity contribution in [1.82, 2.24) is 5.32 Å². The monoisotopic (exact) mass is 363 g/mol. The van der Waals surface area contributed by atoms with E-state index >= 15 is 0 Å². The molecule has 0 spiro atoms. The Bertz CT molecular complexity index is 738. The topological polar surface area (TPSA) is 95.9 Å². The van der Waals surface area contributed by atoms with Crippen molar-refractivity contribution < 1.29 is 24.5 Å². The van der Waals surface area contributed by atoms with Crippen LogP contribution in [0.2, 0.25) is 5.02 Å². The third-order valence-corrected chi connectivity index (χ3v) is 3.80. The fraction of sp³-hybridized carbons (Fsp3) is 0.222. The van der Waals surface area contributed by atoms with Gasteiger partial charge in [-0.2, -0.15) is 0 Å². The largest absolute Gasteiger partial charge is 0.484 e. The quantitative estimate of drug-likeness (QED) is 0.710. The zero-order valence-corrected chi connectivity index (χ0v) is 14.1. The molecule has 1 atom stereocenters. The summed E-state index contributed by atoms with van der Waals surface area (Å²) in [7, 11) is 0. The summed E-state index contributed by atoms with van der Waals surface area (Å²) in [5.74, 6) is -2.83. The van der Waals surface area contributed by atoms with E-state index in [0.29, 0.717) is 5.02 Å². The van der Waals surface area contributed by atoms with Crippen LogP contribution in [-0.4, -0.2) is 35.2 Å². The van der Waals surface area contributed by atoms with Gasteiger partial charge in [0.05, 0.1) is 0 Å². The van der Waals surface area contributed by atoms with Gasteiger partial charge >= 0.3 is 11.9 Å². The van der Waals surface area contributed by atoms with E-state index in [1.54, 1.807) is 0 Å². The SMILES string of the molecule is Clc1cccc(OC2CNCCc3ccccc32)c1.O=C(O)C(=O)O. The molecule has 1 aliphatic rings. The molecule has 3 N–H and O–H groups in total. The fourth-order valence-corrected chi connectivity index (χ4v) is 2.63. The minimum atomic E-state index is -1.82. The van der Waals surface area contributed by atoms with Crippen molar-refractivity contribution in [3.05, 3.63) is 64.7 Å². The number of fused-ring (bicyclic) bond motifs is 1. The zero-order chi connectivity index (χ0) is 18.2. The lowest BCUT2D eigenvalue weighted by molar-refractivity contribution is -0.159. The van der Waals surface area contributed by atoms with Crippen LogP contribution in [0.1, 0.15) is 17.2 Å². The summed E-state index contributed by atoms with van der Waals surface area (Å²) in [6.45, 7) is 1.82. The number of rotatable bonds is 2. The Kier molecular flexibility index (Phi) is 6.80. The smallest absolute Gasteiger partial charge is 0.414 e. The summed E-state index contributed by atoms with van der Waals surface area (Å²) >= 11 is 6.00. The van der Waals surface area contributed by atoms with Crippen LogP contribution in [0.5, 0.6) is 5.75 Å². The summed E-state index contributed by atoms with van der Waals surface area (Å²) in [6, 6.07) is 16.0. The highest BCUT2D eigenvalue weighted by atomic mass is 35.5. The van der Waals surface area contributed by atoms with Gasteiger partial charge in [-0.3, -0.25) is 0 Å². The van der Waals surface area contributed by atoms with Gasteiger partial charge in [0, 0.05) is 11.6 Å². The number of carboxylic acid groups (broad SMARTS) is 2. The number of carboxylic acids is 2. The predicted octanol–water partition coefficient (Wildman–Crippen LogP) is 2.76. The Morgan fingerprint density at radius 1 is 1.08 bits per heavy atom. The first-order valence-electron chi connectivity index (χ1n) is 7.64. The lowest BCUT2D eigenvalue weighted by Gasteiger charge is -2.19. The number of hydrogen-bond donors (Lipinski definition) is 3. The number of hydrogen-bond acceptors (Lipinski definition) is 4. The van der Waals surface area contributed by atoms with Crippen molar-refractivity contribution in [3.8, 4) is 5.75 Å². The van der Waals surface area contributed by atoms with E-state index in [-0.39, 0.29) is 6.10 Å². The third kappa shape index (κ3) is 5.77. The van der Waals surface area contributed by atoms with Gasteiger partial charge in [-0.15, -0.1) is 0 Å². The van der Waals surface area contributed by atoms with Crippen LogP contribution in [0.4, 0.5) is 0 Å². The van der Waals surface area contributed by atoms with Crippen molar-refractivity contribution in [2.45, 2.75) is 12.5 Å². The summed E-state index contributed by atoms with van der Waals surface area (Å²) in [6.07, 6.45) is 1.09. The van der Waals surface area contributed by atoms with E-state index in [4.69, 9.17) is 36.1 Å². The van der Waals surface area contributed by atoms with Gasteiger partial charge in [-0.1, -0.05) is 41.9 Å². The second-order valence-electron chi connectivity index (χ2n) is 5.33. The average molecular weight is 364 g/mol. The number of aliphatic carboxylic acids is 2. The standard InChI is InChI=1S/C16H16ClNO.C2H2O4/c17-13-5-3-6-14(10-13)19-16-11-18-9-8-12-4-1-2-7-15(12)16;3-1(4)2(5)6/h1-7,10,16,18H,8-9,11H2;(H,3,4)(H,5,6). The Morgan fingerprint density at radius 3 is 2.48 bits per heavy atom. The van der Waals surface area contributed by atoms with Gasteiger partial charge < -0.3 is 20.3 Å². The molecule has 1 unspecified atom stereocenters. The molecular weight excluding hydrogens is 346 g/mol. The Hall–Kier alpha value is -2.57. The van der Waals surface area contributed by atoms with Gasteiger partial charge in [0.2, 0.25) is 0 Å². The molecule has 0 fully saturated rings. The molecule has 1 heterocycles. The first-order valence-corrected chi connectivity index (χ1v) is 8.02. The molecule has 1 aliphatic heterocycles. The van der Waals surface area contributed by atoms with E-state index in [1.165, 1.54) is 11.1 Å². The Morgan fingerprint density at radius 2 is 1.80 bits per heavy atom. The van der Waals surface area contributed by atoms with Crippen molar-refractivity contribution in [1.29, 1.82) is 0 Å². The lowest BCUT2D eigenvalue weighted by Crippen LogP contribution is -2.23. The van der Waals surface area contributed by atoms with E-state index < -0.39 is 11.9 Å². The van der Waals surface area contributed by atoms with E-state index in [0.717, 1.165) is 25.3 Å². The molecule has 2 aromatic carbocycles. The zero-order valence-electron chi connectivity index (χ0n) is 13.3. The van der Waals surface area contributed by atoms with Crippen molar-refractivity contribution in [2.24, 2.45) is 0 Å². The molecule has 0 saturated carbocycles. The molecule has 25 heavy (non-hydrogen) atoms. The van der Waals surface area contributed by atoms with Gasteiger partial charge in [0.15, 0.2) is 0 Å². The molecule has 6 nitrogen and oxygen atoms in total. The number of ether oxygens (including phenoxy) is 1. The summed E-state index contributed by atoms with van der Waals surface area (Å²) in [5.41, 5.74) is 2.63. The molecule has 0 bridgehead atoms. The number of halogens is 1. The van der Waals surface area contributed by atoms with Crippen molar-refractivity contribution in [3.63, 3.8) is 0 Å². The molecule has 2 aromatic rings. The van der Waals surface area contributed by atoms with Crippen LogP contribution in [0.3, 0.4) is 0 Å². The fourth-order valence-electron chi connectivity index (χ4n) is 2.45. The highest BCUT2D eigenvalue weighted by molar-refractivity contribution is 6.30. The second-order valence-corrected chi connectivity index (χ2v) is 5.76. The minimum absolute atomic E-state index is 0.0390. The van der Waals surface area contributed by atoms with Gasteiger partial charge in [-0.05, 0) is 42.3 Å². The number of carbonyl (C=O) groups is 2. The minimum Gasteiger partial charge on any atom is -0.484 e. The van der Waals surface area contributed by atoms with Crippen molar-refractivity contribution in [2.75, 3.05) is 13.1 Å². The normalized spacial score (nSPS) is 15.8. The second kappa shape index (κ2) is 9.05. The van der Waals surface area contributed by atoms with Crippen LogP contribution >= 0.6 is 11.6 Å². The number of benzene rings is 2. The molecule has 132 valence electrons. The first kappa shape index (κ1) is 18.8. The van der Waals surface area contributed by atoms with Crippen LogP contribution in [0.25, 0.3) is 0 Å². The van der Waals surface area contributed by atoms with Crippen LogP contribution in [-0.2, 0) is 16.0 Å². The van der Waals surface area contributed by atoms with E-state index in [9.17, 15) is 0 Å². The van der Waals surface area contributed by atoms with Crippen LogP contribution in [0, 0.1) is 0 Å². The lowest BCUT2D eigenvalue weighted by atomic mass is 10.0. The van der Waals surface area contributed by atoms with Crippen LogP contribution in [0.15, 0.2) is 48.5 Å². The summed E-state index contributed by atoms with van der Waals surface area (Å²) in [4.78, 5) is 18.2. The number of nitrogens with one attached hydrogen (secondary N) is 1. The maximum absolute atomic E-state index is 9.10. The molecule has 0 aromatic heterocycles. The van der Waals surface area contributed by atoms with Gasteiger partial charge in [0.1, 0.15) is 11.9 Å². The maximum Gasteiger partial charge on any atom is 0.414 e. The molecule has 0 amide bonds. The van der Waals surface area contributed by atoms with E-state index in [1.807, 2.05) is 24.3 Å². The van der Waals surface area contributed by atoms with Gasteiger partial charge in [-0.25, -0.2) is 9.59 Å². The average Bonchev–Trinajstić information content (AvgIpc) is 2.78. The molecule has 0 aliphatic carbocycles. The molecule has 0 radical (unpaired) electrons. The predicted molar refractivity (Wildman–Crippen MR) is 93.1 cm³/mol. The maximum atomic E-state index is 9.10. The molecular formula is C18H18ClNO5. The highest BCUT2D eigenvalue weighted by Gasteiger charge is 2.19. The Balaban J connectivity index is 0.000000326. The van der Waals surface area contributed by atoms with Crippen LogP contribution < -0.4 is 10.1 Å². The van der Waals surface area contributed by atoms with Crippen molar-refractivity contribution >= 4 is 23.5 Å².